The molecule has 0 saturated heterocycles. The minimum Gasteiger partial charge on any atom is -0.294 e. The summed E-state index contributed by atoms with van der Waals surface area (Å²) in [6.45, 7) is 4.32. The van der Waals surface area contributed by atoms with E-state index in [1.54, 1.807) is 24.3 Å². The molecular weight excluding hydrogens is 398 g/mol. The lowest BCUT2D eigenvalue weighted by Crippen LogP contribution is -2.22. The summed E-state index contributed by atoms with van der Waals surface area (Å²) < 4.78 is 0. The van der Waals surface area contributed by atoms with Crippen LogP contribution in [0.1, 0.15) is 69.6 Å². The number of benzene rings is 2. The first-order valence-corrected chi connectivity index (χ1v) is 10.3. The van der Waals surface area contributed by atoms with E-state index < -0.39 is 0 Å². The third-order valence-electron chi connectivity index (χ3n) is 5.45. The molecule has 30 heavy (non-hydrogen) atoms. The number of hydrogen-bond acceptors (Lipinski definition) is 4. The second-order valence-corrected chi connectivity index (χ2v) is 8.30. The van der Waals surface area contributed by atoms with E-state index >= 15 is 0 Å². The quantitative estimate of drug-likeness (QED) is 0.613. The summed E-state index contributed by atoms with van der Waals surface area (Å²) in [4.78, 5) is 33.7. The van der Waals surface area contributed by atoms with Crippen molar-refractivity contribution in [3.63, 3.8) is 0 Å². The fourth-order valence-corrected chi connectivity index (χ4v) is 3.79. The zero-order chi connectivity index (χ0) is 21.3. The summed E-state index contributed by atoms with van der Waals surface area (Å²) in [5, 5.41) is 3.26. The van der Waals surface area contributed by atoms with E-state index in [4.69, 9.17) is 11.6 Å². The maximum atomic E-state index is 12.7. The fourth-order valence-electron chi connectivity index (χ4n) is 3.67. The minimum atomic E-state index is -0.324. The van der Waals surface area contributed by atoms with Crippen molar-refractivity contribution in [3.8, 4) is 0 Å². The van der Waals surface area contributed by atoms with Crippen LogP contribution in [0.5, 0.6) is 0 Å². The second kappa shape index (κ2) is 8.36. The summed E-state index contributed by atoms with van der Waals surface area (Å²) in [6, 6.07) is 15.0. The number of rotatable bonds is 4. The zero-order valence-corrected chi connectivity index (χ0v) is 17.6. The van der Waals surface area contributed by atoms with E-state index in [-0.39, 0.29) is 23.6 Å². The van der Waals surface area contributed by atoms with Crippen molar-refractivity contribution in [2.24, 2.45) is 0 Å². The Morgan fingerprint density at radius 3 is 2.43 bits per heavy atom. The normalized spacial score (nSPS) is 15.7. The van der Waals surface area contributed by atoms with E-state index in [9.17, 15) is 9.59 Å². The Morgan fingerprint density at radius 2 is 1.77 bits per heavy atom. The number of amides is 1. The van der Waals surface area contributed by atoms with Crippen molar-refractivity contribution < 1.29 is 9.59 Å². The van der Waals surface area contributed by atoms with Crippen LogP contribution in [0.4, 0.5) is 5.95 Å². The number of carbonyl (C=O) groups is 2. The Hall–Kier alpha value is -3.05. The van der Waals surface area contributed by atoms with E-state index in [1.165, 1.54) is 11.8 Å². The molecule has 0 bridgehead atoms. The smallest absolute Gasteiger partial charge is 0.258 e. The molecule has 0 aliphatic heterocycles. The summed E-state index contributed by atoms with van der Waals surface area (Å²) in [5.74, 6) is 0.435. The largest absolute Gasteiger partial charge is 0.294 e. The molecule has 2 aromatic carbocycles. The maximum absolute atomic E-state index is 12.7. The number of halogens is 1. The van der Waals surface area contributed by atoms with Crippen LogP contribution < -0.4 is 5.32 Å². The van der Waals surface area contributed by atoms with Gasteiger partial charge in [-0.25, -0.2) is 9.97 Å². The number of ketones is 1. The standard InChI is InChI=1S/C24H22ClN3O2/c1-14(2)15-3-5-16(6-4-15)18-11-21-20(22(29)12-18)13-26-24(27-21)28-23(30)17-7-9-19(25)10-8-17/h3-10,13-14,18H,11-12H2,1-2H3,(H,26,27,28,30)/t18-/m0/s1. The topological polar surface area (TPSA) is 72.0 Å². The van der Waals surface area contributed by atoms with E-state index in [1.807, 2.05) is 0 Å². The summed E-state index contributed by atoms with van der Waals surface area (Å²) >= 11 is 5.87. The molecule has 1 aromatic heterocycles. The number of carbonyl (C=O) groups excluding carboxylic acids is 2. The molecule has 5 nitrogen and oxygen atoms in total. The Balaban J connectivity index is 1.54. The lowest BCUT2D eigenvalue weighted by molar-refractivity contribution is 0.0962. The van der Waals surface area contributed by atoms with Gasteiger partial charge in [-0.05, 0) is 53.6 Å². The Labute approximate surface area is 180 Å². The molecule has 1 amide bonds. The van der Waals surface area contributed by atoms with Crippen LogP contribution in [0.3, 0.4) is 0 Å². The van der Waals surface area contributed by atoms with E-state index in [0.717, 1.165) is 5.56 Å². The van der Waals surface area contributed by atoms with Crippen LogP contribution in [0.15, 0.2) is 54.7 Å². The average molecular weight is 420 g/mol. The molecule has 152 valence electrons. The van der Waals surface area contributed by atoms with Gasteiger partial charge >= 0.3 is 0 Å². The molecule has 4 rings (SSSR count). The number of fused-ring (bicyclic) bond motifs is 1. The first-order valence-electron chi connectivity index (χ1n) is 9.96. The van der Waals surface area contributed by atoms with Gasteiger partial charge in [-0.1, -0.05) is 49.7 Å². The molecule has 3 aromatic rings. The molecule has 6 heteroatoms. The van der Waals surface area contributed by atoms with Crippen molar-refractivity contribution >= 4 is 29.2 Å². The predicted octanol–water partition coefficient (Wildman–Crippen LogP) is 5.42. The van der Waals surface area contributed by atoms with Gasteiger partial charge in [0.2, 0.25) is 5.95 Å². The molecular formula is C24H22ClN3O2. The van der Waals surface area contributed by atoms with Crippen molar-refractivity contribution in [2.45, 2.75) is 38.5 Å². The van der Waals surface area contributed by atoms with Crippen LogP contribution in [-0.2, 0) is 6.42 Å². The Bertz CT molecular complexity index is 1090. The first-order chi connectivity index (χ1) is 14.4. The number of anilines is 1. The third-order valence-corrected chi connectivity index (χ3v) is 5.70. The van der Waals surface area contributed by atoms with Crippen LogP contribution in [0.2, 0.25) is 5.02 Å². The number of Topliss-reactive ketones (excluding diaryl/α,β-unsaturated/α-hetero) is 1. The van der Waals surface area contributed by atoms with Crippen LogP contribution >= 0.6 is 11.6 Å². The van der Waals surface area contributed by atoms with Gasteiger partial charge in [-0.3, -0.25) is 14.9 Å². The third kappa shape index (κ3) is 4.26. The first kappa shape index (κ1) is 20.2. The van der Waals surface area contributed by atoms with E-state index in [2.05, 4.69) is 53.4 Å². The number of hydrogen-bond donors (Lipinski definition) is 1. The average Bonchev–Trinajstić information content (AvgIpc) is 2.74. The summed E-state index contributed by atoms with van der Waals surface area (Å²) in [6.07, 6.45) is 2.59. The molecule has 1 N–H and O–H groups in total. The Kier molecular flexibility index (Phi) is 5.64. The highest BCUT2D eigenvalue weighted by atomic mass is 35.5. The van der Waals surface area contributed by atoms with Gasteiger partial charge < -0.3 is 0 Å². The minimum absolute atomic E-state index is 0.0322. The number of aromatic nitrogens is 2. The summed E-state index contributed by atoms with van der Waals surface area (Å²) in [5.41, 5.74) is 4.07. The van der Waals surface area contributed by atoms with Crippen LogP contribution in [-0.4, -0.2) is 21.7 Å². The number of nitrogens with zero attached hydrogens (tertiary/aromatic N) is 2. The molecule has 0 spiro atoms. The highest BCUT2D eigenvalue weighted by molar-refractivity contribution is 6.30. The van der Waals surface area contributed by atoms with Gasteiger partial charge in [-0.15, -0.1) is 0 Å². The Morgan fingerprint density at radius 1 is 1.07 bits per heavy atom. The second-order valence-electron chi connectivity index (χ2n) is 7.86. The molecule has 0 fully saturated rings. The molecule has 1 aliphatic carbocycles. The SMILES string of the molecule is CC(C)c1ccc([C@@H]2CC(=O)c3cnc(NC(=O)c4ccc(Cl)cc4)nc3C2)cc1. The molecule has 1 atom stereocenters. The van der Waals surface area contributed by atoms with Crippen molar-refractivity contribution in [2.75, 3.05) is 5.32 Å². The molecule has 1 aliphatic rings. The molecule has 0 unspecified atom stereocenters. The number of nitrogens with one attached hydrogen (secondary N) is 1. The van der Waals surface area contributed by atoms with Gasteiger partial charge in [0, 0.05) is 23.2 Å². The highest BCUT2D eigenvalue weighted by Crippen LogP contribution is 2.32. The van der Waals surface area contributed by atoms with Crippen molar-refractivity contribution in [1.29, 1.82) is 0 Å². The monoisotopic (exact) mass is 419 g/mol. The zero-order valence-electron chi connectivity index (χ0n) is 16.9. The predicted molar refractivity (Wildman–Crippen MR) is 117 cm³/mol. The van der Waals surface area contributed by atoms with Gasteiger partial charge in [0.15, 0.2) is 5.78 Å². The van der Waals surface area contributed by atoms with Crippen LogP contribution in [0.25, 0.3) is 0 Å². The van der Waals surface area contributed by atoms with E-state index in [0.29, 0.717) is 40.6 Å². The van der Waals surface area contributed by atoms with Crippen LogP contribution in [0, 0.1) is 0 Å². The summed E-state index contributed by atoms with van der Waals surface area (Å²) in [7, 11) is 0. The molecule has 1 heterocycles. The van der Waals surface area contributed by atoms with Crippen molar-refractivity contribution in [3.05, 3.63) is 87.7 Å². The van der Waals surface area contributed by atoms with Gasteiger partial charge in [0.05, 0.1) is 11.3 Å². The molecule has 0 radical (unpaired) electrons. The van der Waals surface area contributed by atoms with Gasteiger partial charge in [0.1, 0.15) is 0 Å². The lowest BCUT2D eigenvalue weighted by Gasteiger charge is -2.23. The fraction of sp³-hybridized carbons (Fsp3) is 0.250. The molecule has 0 saturated carbocycles. The highest BCUT2D eigenvalue weighted by Gasteiger charge is 2.28. The lowest BCUT2D eigenvalue weighted by atomic mass is 9.81. The van der Waals surface area contributed by atoms with Gasteiger partial charge in [0.25, 0.3) is 5.91 Å². The maximum Gasteiger partial charge on any atom is 0.258 e. The van der Waals surface area contributed by atoms with Gasteiger partial charge in [-0.2, -0.15) is 0 Å². The van der Waals surface area contributed by atoms with Crippen molar-refractivity contribution in [1.82, 2.24) is 9.97 Å².